The van der Waals surface area contributed by atoms with Gasteiger partial charge in [-0.3, -0.25) is 0 Å². The monoisotopic (exact) mass is 258 g/mol. The van der Waals surface area contributed by atoms with Gasteiger partial charge in [0.2, 0.25) is 0 Å². The number of ether oxygens (including phenoxy) is 1. The molecule has 1 N–H and O–H groups in total. The van der Waals surface area contributed by atoms with Gasteiger partial charge in [0, 0.05) is 13.2 Å². The van der Waals surface area contributed by atoms with E-state index >= 15 is 0 Å². The first-order valence-corrected chi connectivity index (χ1v) is 4.07. The van der Waals surface area contributed by atoms with Crippen molar-refractivity contribution in [2.24, 2.45) is 0 Å². The van der Waals surface area contributed by atoms with Gasteiger partial charge in [-0.1, -0.05) is 0 Å². The maximum Gasteiger partial charge on any atom is 0.459 e. The van der Waals surface area contributed by atoms with Gasteiger partial charge in [0.05, 0.1) is 0 Å². The molecule has 0 aromatic heterocycles. The highest BCUT2D eigenvalue weighted by molar-refractivity contribution is 4.90. The molecule has 0 radical (unpaired) electrons. The van der Waals surface area contributed by atoms with Crippen LogP contribution in [0.15, 0.2) is 0 Å². The Morgan fingerprint density at radius 2 is 1.44 bits per heavy atom. The maximum atomic E-state index is 12.5. The second-order valence-electron chi connectivity index (χ2n) is 2.91. The molecule has 0 saturated carbocycles. The average molecular weight is 258 g/mol. The standard InChI is InChI=1S/C7H9F7O2/c8-5(9,4-16-3-1-2-15)6(10,11)7(12,13)14/h15H,1-4H2. The molecule has 0 heterocycles. The van der Waals surface area contributed by atoms with Crippen LogP contribution in [-0.4, -0.2) is 42.9 Å². The molecule has 0 aliphatic rings. The van der Waals surface area contributed by atoms with Crippen LogP contribution in [0, 0.1) is 0 Å². The fourth-order valence-electron chi connectivity index (χ4n) is 0.665. The summed E-state index contributed by atoms with van der Waals surface area (Å²) >= 11 is 0. The normalized spacial score (nSPS) is 14.2. The largest absolute Gasteiger partial charge is 0.459 e. The molecule has 0 bridgehead atoms. The van der Waals surface area contributed by atoms with Crippen molar-refractivity contribution >= 4 is 0 Å². The summed E-state index contributed by atoms with van der Waals surface area (Å²) in [6.07, 6.45) is -6.47. The van der Waals surface area contributed by atoms with Crippen molar-refractivity contribution in [3.63, 3.8) is 0 Å². The Labute approximate surface area is 86.0 Å². The Morgan fingerprint density at radius 1 is 0.938 bits per heavy atom. The van der Waals surface area contributed by atoms with Gasteiger partial charge in [-0.05, 0) is 6.42 Å². The number of alkyl halides is 7. The van der Waals surface area contributed by atoms with Crippen molar-refractivity contribution in [3.05, 3.63) is 0 Å². The third-order valence-electron chi connectivity index (χ3n) is 1.55. The van der Waals surface area contributed by atoms with Crippen molar-refractivity contribution in [1.29, 1.82) is 0 Å². The summed E-state index contributed by atoms with van der Waals surface area (Å²) in [5, 5.41) is 8.19. The van der Waals surface area contributed by atoms with E-state index in [4.69, 9.17) is 5.11 Å². The summed E-state index contributed by atoms with van der Waals surface area (Å²) in [6.45, 7) is -3.03. The summed E-state index contributed by atoms with van der Waals surface area (Å²) in [4.78, 5) is 0. The van der Waals surface area contributed by atoms with E-state index in [-0.39, 0.29) is 6.42 Å². The second-order valence-corrected chi connectivity index (χ2v) is 2.91. The minimum Gasteiger partial charge on any atom is -0.396 e. The van der Waals surface area contributed by atoms with E-state index in [0.717, 1.165) is 0 Å². The highest BCUT2D eigenvalue weighted by Crippen LogP contribution is 2.46. The molecule has 0 atom stereocenters. The van der Waals surface area contributed by atoms with Crippen LogP contribution >= 0.6 is 0 Å². The summed E-state index contributed by atoms with van der Waals surface area (Å²) in [6, 6.07) is 0. The van der Waals surface area contributed by atoms with Crippen LogP contribution in [0.5, 0.6) is 0 Å². The molecule has 0 saturated heterocycles. The van der Waals surface area contributed by atoms with Crippen LogP contribution in [0.2, 0.25) is 0 Å². The zero-order valence-corrected chi connectivity index (χ0v) is 7.83. The Hall–Kier alpha value is -0.570. The summed E-state index contributed by atoms with van der Waals surface area (Å²) in [7, 11) is 0. The minimum absolute atomic E-state index is 0.131. The molecular formula is C7H9F7O2. The first-order valence-electron chi connectivity index (χ1n) is 4.07. The number of hydrogen-bond donors (Lipinski definition) is 1. The molecule has 0 aromatic carbocycles. The zero-order chi connectivity index (χ0) is 13.0. The summed E-state index contributed by atoms with van der Waals surface area (Å²) in [5.74, 6) is -11.5. The lowest BCUT2D eigenvalue weighted by Gasteiger charge is -2.27. The second kappa shape index (κ2) is 5.17. The van der Waals surface area contributed by atoms with E-state index in [9.17, 15) is 30.7 Å². The van der Waals surface area contributed by atoms with Gasteiger partial charge in [-0.2, -0.15) is 30.7 Å². The van der Waals surface area contributed by atoms with E-state index in [1.165, 1.54) is 0 Å². The lowest BCUT2D eigenvalue weighted by atomic mass is 10.2. The number of rotatable bonds is 6. The van der Waals surface area contributed by atoms with Crippen LogP contribution in [0.4, 0.5) is 30.7 Å². The molecule has 98 valence electrons. The third kappa shape index (κ3) is 3.48. The van der Waals surface area contributed by atoms with E-state index in [0.29, 0.717) is 0 Å². The lowest BCUT2D eigenvalue weighted by Crippen LogP contribution is -2.54. The van der Waals surface area contributed by atoms with Crippen LogP contribution in [0.3, 0.4) is 0 Å². The highest BCUT2D eigenvalue weighted by atomic mass is 19.4. The first-order chi connectivity index (χ1) is 7.06. The molecule has 2 nitrogen and oxygen atoms in total. The van der Waals surface area contributed by atoms with Crippen LogP contribution in [0.25, 0.3) is 0 Å². The quantitative estimate of drug-likeness (QED) is 0.584. The van der Waals surface area contributed by atoms with Crippen LogP contribution < -0.4 is 0 Å². The molecule has 0 aromatic rings. The molecule has 16 heavy (non-hydrogen) atoms. The van der Waals surface area contributed by atoms with Crippen molar-refractivity contribution in [2.45, 2.75) is 24.4 Å². The van der Waals surface area contributed by atoms with Gasteiger partial charge >= 0.3 is 18.0 Å². The van der Waals surface area contributed by atoms with Gasteiger partial charge in [-0.25, -0.2) is 0 Å². The SMILES string of the molecule is OCCCOCC(F)(F)C(F)(F)C(F)(F)F. The van der Waals surface area contributed by atoms with E-state index < -0.39 is 37.8 Å². The number of halogens is 7. The van der Waals surface area contributed by atoms with Gasteiger partial charge < -0.3 is 9.84 Å². The first kappa shape index (κ1) is 15.4. The van der Waals surface area contributed by atoms with Crippen LogP contribution in [0.1, 0.15) is 6.42 Å². The molecule has 0 spiro atoms. The van der Waals surface area contributed by atoms with Gasteiger partial charge in [0.15, 0.2) is 0 Å². The van der Waals surface area contributed by atoms with Gasteiger partial charge in [0.1, 0.15) is 6.61 Å². The Morgan fingerprint density at radius 3 is 1.81 bits per heavy atom. The van der Waals surface area contributed by atoms with E-state index in [1.54, 1.807) is 0 Å². The van der Waals surface area contributed by atoms with Gasteiger partial charge in [0.25, 0.3) is 0 Å². The van der Waals surface area contributed by atoms with Crippen LogP contribution in [-0.2, 0) is 4.74 Å². The van der Waals surface area contributed by atoms with Gasteiger partial charge in [-0.15, -0.1) is 0 Å². The van der Waals surface area contributed by atoms with Crippen molar-refractivity contribution in [3.8, 4) is 0 Å². The molecule has 9 heteroatoms. The van der Waals surface area contributed by atoms with Crippen molar-refractivity contribution < 1.29 is 40.6 Å². The third-order valence-corrected chi connectivity index (χ3v) is 1.55. The fraction of sp³-hybridized carbons (Fsp3) is 1.00. The smallest absolute Gasteiger partial charge is 0.396 e. The zero-order valence-electron chi connectivity index (χ0n) is 7.83. The number of aliphatic hydroxyl groups excluding tert-OH is 1. The average Bonchev–Trinajstić information content (AvgIpc) is 2.10. The number of hydrogen-bond acceptors (Lipinski definition) is 2. The molecule has 0 fully saturated rings. The van der Waals surface area contributed by atoms with E-state index in [2.05, 4.69) is 4.74 Å². The molecule has 0 aliphatic heterocycles. The molecule has 0 amide bonds. The maximum absolute atomic E-state index is 12.5. The summed E-state index contributed by atoms with van der Waals surface area (Å²) in [5.41, 5.74) is 0. The molecule has 0 rings (SSSR count). The minimum atomic E-state index is -6.34. The molecular weight excluding hydrogens is 249 g/mol. The lowest BCUT2D eigenvalue weighted by molar-refractivity contribution is -0.361. The van der Waals surface area contributed by atoms with E-state index in [1.807, 2.05) is 0 Å². The predicted octanol–water partition coefficient (Wildman–Crippen LogP) is 2.22. The Bertz CT molecular complexity index is 213. The van der Waals surface area contributed by atoms with Crippen molar-refractivity contribution in [1.82, 2.24) is 0 Å². The number of aliphatic hydroxyl groups is 1. The molecule has 0 aliphatic carbocycles. The Balaban J connectivity index is 4.41. The predicted molar refractivity (Wildman–Crippen MR) is 38.5 cm³/mol. The topological polar surface area (TPSA) is 29.5 Å². The fourth-order valence-corrected chi connectivity index (χ4v) is 0.665. The summed E-state index contributed by atoms with van der Waals surface area (Å²) < 4.78 is 88.0. The Kier molecular flexibility index (Phi) is 4.99. The van der Waals surface area contributed by atoms with Crippen molar-refractivity contribution in [2.75, 3.05) is 19.8 Å². The molecule has 0 unspecified atom stereocenters. The highest BCUT2D eigenvalue weighted by Gasteiger charge is 2.72.